The van der Waals surface area contributed by atoms with Crippen molar-refractivity contribution < 1.29 is 4.79 Å². The van der Waals surface area contributed by atoms with Crippen LogP contribution in [0.3, 0.4) is 0 Å². The summed E-state index contributed by atoms with van der Waals surface area (Å²) in [5.41, 5.74) is 2.38. The Balaban J connectivity index is 1.96. The Morgan fingerprint density at radius 2 is 1.52 bits per heavy atom. The first kappa shape index (κ1) is 15.6. The first-order valence-corrected chi connectivity index (χ1v) is 7.47. The van der Waals surface area contributed by atoms with Crippen molar-refractivity contribution in [1.82, 2.24) is 0 Å². The zero-order valence-corrected chi connectivity index (χ0v) is 13.7. The fraction of sp³-hybridized carbons (Fsp3) is 0.0625. The second-order valence-electron chi connectivity index (χ2n) is 4.46. The number of benzene rings is 2. The van der Waals surface area contributed by atoms with Gasteiger partial charge in [0.15, 0.2) is 0 Å². The maximum Gasteiger partial charge on any atom is 0.250 e. The van der Waals surface area contributed by atoms with Crippen molar-refractivity contribution in [2.45, 2.75) is 6.92 Å². The maximum atomic E-state index is 11.9. The molecule has 0 radical (unpaired) electrons. The van der Waals surface area contributed by atoms with Crippen molar-refractivity contribution in [1.29, 1.82) is 0 Å². The predicted octanol–water partition coefficient (Wildman–Crippen LogP) is 5.06. The lowest BCUT2D eigenvalue weighted by atomic mass is 10.3. The smallest absolute Gasteiger partial charge is 0.250 e. The van der Waals surface area contributed by atoms with Gasteiger partial charge in [-0.15, -0.1) is 0 Å². The van der Waals surface area contributed by atoms with Gasteiger partial charge in [0.1, 0.15) is 0 Å². The third-order valence-corrected chi connectivity index (χ3v) is 3.43. The summed E-state index contributed by atoms with van der Waals surface area (Å²) in [7, 11) is 0. The molecule has 2 rings (SSSR count). The van der Waals surface area contributed by atoms with Gasteiger partial charge in [-0.25, -0.2) is 0 Å². The molecule has 108 valence electrons. The van der Waals surface area contributed by atoms with Gasteiger partial charge in [-0.3, -0.25) is 4.79 Å². The van der Waals surface area contributed by atoms with E-state index in [1.54, 1.807) is 24.3 Å². The van der Waals surface area contributed by atoms with Crippen LogP contribution in [0.1, 0.15) is 6.92 Å². The Hall–Kier alpha value is -1.78. The number of hydrogen-bond acceptors (Lipinski definition) is 2. The van der Waals surface area contributed by atoms with Crippen LogP contribution in [0, 0.1) is 0 Å². The van der Waals surface area contributed by atoms with Gasteiger partial charge in [0, 0.05) is 32.6 Å². The van der Waals surface area contributed by atoms with Gasteiger partial charge < -0.3 is 10.6 Å². The van der Waals surface area contributed by atoms with Crippen molar-refractivity contribution in [2.75, 3.05) is 10.6 Å². The molecular weight excluding hydrogens is 352 g/mol. The highest BCUT2D eigenvalue weighted by molar-refractivity contribution is 9.10. The highest BCUT2D eigenvalue weighted by atomic mass is 79.9. The first-order chi connectivity index (χ1) is 10.0. The van der Waals surface area contributed by atoms with E-state index in [9.17, 15) is 4.79 Å². The summed E-state index contributed by atoms with van der Waals surface area (Å²) in [5, 5.41) is 6.56. The molecule has 2 aromatic rings. The zero-order chi connectivity index (χ0) is 15.2. The SMILES string of the molecule is CC(=CC(=O)Nc1ccc(Cl)cc1)Nc1ccc(Br)cc1. The van der Waals surface area contributed by atoms with E-state index in [1.165, 1.54) is 6.08 Å². The minimum absolute atomic E-state index is 0.195. The molecule has 0 atom stereocenters. The van der Waals surface area contributed by atoms with Crippen LogP contribution in [0.4, 0.5) is 11.4 Å². The summed E-state index contributed by atoms with van der Waals surface area (Å²) in [6.45, 7) is 1.84. The molecule has 2 aromatic carbocycles. The molecule has 0 spiro atoms. The average Bonchev–Trinajstić information content (AvgIpc) is 2.44. The van der Waals surface area contributed by atoms with Crippen molar-refractivity contribution in [2.24, 2.45) is 0 Å². The summed E-state index contributed by atoms with van der Waals surface area (Å²) in [4.78, 5) is 11.9. The fourth-order valence-corrected chi connectivity index (χ4v) is 2.10. The second-order valence-corrected chi connectivity index (χ2v) is 5.81. The molecule has 0 unspecified atom stereocenters. The van der Waals surface area contributed by atoms with Crippen LogP contribution in [0.5, 0.6) is 0 Å². The fourth-order valence-electron chi connectivity index (χ4n) is 1.71. The minimum Gasteiger partial charge on any atom is -0.359 e. The molecule has 0 aliphatic carbocycles. The molecule has 3 nitrogen and oxygen atoms in total. The number of anilines is 2. The minimum atomic E-state index is -0.195. The highest BCUT2D eigenvalue weighted by Crippen LogP contribution is 2.16. The molecule has 0 saturated heterocycles. The summed E-state index contributed by atoms with van der Waals surface area (Å²) in [5.74, 6) is -0.195. The Labute approximate surface area is 137 Å². The molecular formula is C16H14BrClN2O. The van der Waals surface area contributed by atoms with E-state index in [4.69, 9.17) is 11.6 Å². The summed E-state index contributed by atoms with van der Waals surface area (Å²) < 4.78 is 1.01. The maximum absolute atomic E-state index is 11.9. The van der Waals surface area contributed by atoms with Crippen molar-refractivity contribution >= 4 is 44.8 Å². The summed E-state index contributed by atoms with van der Waals surface area (Å²) >= 11 is 9.17. The Bertz CT molecular complexity index is 651. The van der Waals surface area contributed by atoms with Gasteiger partial charge in [-0.1, -0.05) is 27.5 Å². The monoisotopic (exact) mass is 364 g/mol. The number of carbonyl (C=O) groups excluding carboxylic acids is 1. The van der Waals surface area contributed by atoms with Crippen LogP contribution in [0.15, 0.2) is 64.8 Å². The van der Waals surface area contributed by atoms with E-state index in [0.29, 0.717) is 10.7 Å². The number of halogens is 2. The molecule has 0 bridgehead atoms. The molecule has 0 fully saturated rings. The lowest BCUT2D eigenvalue weighted by molar-refractivity contribution is -0.111. The van der Waals surface area contributed by atoms with Gasteiger partial charge in [0.05, 0.1) is 0 Å². The molecule has 0 aromatic heterocycles. The van der Waals surface area contributed by atoms with E-state index >= 15 is 0 Å². The first-order valence-electron chi connectivity index (χ1n) is 6.30. The number of amides is 1. The quantitative estimate of drug-likeness (QED) is 0.744. The Morgan fingerprint density at radius 3 is 2.14 bits per heavy atom. The lowest BCUT2D eigenvalue weighted by Gasteiger charge is -2.07. The van der Waals surface area contributed by atoms with Gasteiger partial charge in [-0.2, -0.15) is 0 Å². The topological polar surface area (TPSA) is 41.1 Å². The molecule has 0 aliphatic rings. The predicted molar refractivity (Wildman–Crippen MR) is 91.6 cm³/mol. The van der Waals surface area contributed by atoms with Crippen molar-refractivity contribution in [3.8, 4) is 0 Å². The van der Waals surface area contributed by atoms with Crippen LogP contribution in [0.25, 0.3) is 0 Å². The van der Waals surface area contributed by atoms with E-state index in [-0.39, 0.29) is 5.91 Å². The number of carbonyl (C=O) groups is 1. The second kappa shape index (κ2) is 7.29. The van der Waals surface area contributed by atoms with Gasteiger partial charge >= 0.3 is 0 Å². The summed E-state index contributed by atoms with van der Waals surface area (Å²) in [6.07, 6.45) is 1.51. The molecule has 0 heterocycles. The molecule has 0 saturated carbocycles. The highest BCUT2D eigenvalue weighted by Gasteiger charge is 2.00. The van der Waals surface area contributed by atoms with E-state index in [2.05, 4.69) is 26.6 Å². The molecule has 2 N–H and O–H groups in total. The standard InChI is InChI=1S/C16H14BrClN2O/c1-11(19-14-6-2-12(17)3-7-14)10-16(21)20-15-8-4-13(18)5-9-15/h2-10,19H,1H3,(H,20,21). The van der Waals surface area contributed by atoms with E-state index in [0.717, 1.165) is 15.9 Å². The van der Waals surface area contributed by atoms with Gasteiger partial charge in [0.2, 0.25) is 5.91 Å². The van der Waals surface area contributed by atoms with E-state index < -0.39 is 0 Å². The van der Waals surface area contributed by atoms with Crippen LogP contribution >= 0.6 is 27.5 Å². The number of rotatable bonds is 4. The molecule has 5 heteroatoms. The Kier molecular flexibility index (Phi) is 5.42. The average molecular weight is 366 g/mol. The van der Waals surface area contributed by atoms with Crippen molar-refractivity contribution in [3.05, 3.63) is 69.8 Å². The third kappa shape index (κ3) is 5.25. The molecule has 21 heavy (non-hydrogen) atoms. The third-order valence-electron chi connectivity index (χ3n) is 2.65. The number of nitrogens with one attached hydrogen (secondary N) is 2. The summed E-state index contributed by atoms with van der Waals surface area (Å²) in [6, 6.07) is 14.7. The van der Waals surface area contributed by atoms with E-state index in [1.807, 2.05) is 31.2 Å². The van der Waals surface area contributed by atoms with Gasteiger partial charge in [-0.05, 0) is 55.5 Å². The number of allylic oxidation sites excluding steroid dienone is 1. The van der Waals surface area contributed by atoms with Gasteiger partial charge in [0.25, 0.3) is 0 Å². The Morgan fingerprint density at radius 1 is 1.00 bits per heavy atom. The lowest BCUT2D eigenvalue weighted by Crippen LogP contribution is -2.10. The van der Waals surface area contributed by atoms with Crippen molar-refractivity contribution in [3.63, 3.8) is 0 Å². The van der Waals surface area contributed by atoms with Crippen LogP contribution in [0.2, 0.25) is 5.02 Å². The normalized spacial score (nSPS) is 11.1. The van der Waals surface area contributed by atoms with Crippen LogP contribution in [-0.4, -0.2) is 5.91 Å². The van der Waals surface area contributed by atoms with Crippen LogP contribution < -0.4 is 10.6 Å². The number of hydrogen-bond donors (Lipinski definition) is 2. The van der Waals surface area contributed by atoms with Crippen LogP contribution in [-0.2, 0) is 4.79 Å². The zero-order valence-electron chi connectivity index (χ0n) is 11.4. The largest absolute Gasteiger partial charge is 0.359 e. The molecule has 1 amide bonds. The molecule has 0 aliphatic heterocycles.